The van der Waals surface area contributed by atoms with Gasteiger partial charge in [-0.05, 0) is 50.6 Å². The molecule has 0 heterocycles. The van der Waals surface area contributed by atoms with E-state index in [1.807, 2.05) is 63.2 Å². The molecular formula is C19H24N2O2. The molecule has 0 aliphatic carbocycles. The summed E-state index contributed by atoms with van der Waals surface area (Å²) in [6.45, 7) is 6.33. The fourth-order valence-corrected chi connectivity index (χ4v) is 2.16. The average molecular weight is 312 g/mol. The van der Waals surface area contributed by atoms with E-state index in [0.29, 0.717) is 0 Å². The quantitative estimate of drug-likeness (QED) is 0.892. The predicted octanol–water partition coefficient (Wildman–Crippen LogP) is 4.67. The summed E-state index contributed by atoms with van der Waals surface area (Å²) in [5, 5.41) is 2.74. The van der Waals surface area contributed by atoms with Crippen LogP contribution in [-0.2, 0) is 11.3 Å². The minimum atomic E-state index is -0.498. The minimum Gasteiger partial charge on any atom is -0.444 e. The number of anilines is 2. The zero-order chi connectivity index (χ0) is 16.9. The Balaban J connectivity index is 1.93. The van der Waals surface area contributed by atoms with Crippen molar-refractivity contribution in [2.45, 2.75) is 32.9 Å². The van der Waals surface area contributed by atoms with Gasteiger partial charge in [-0.15, -0.1) is 0 Å². The molecule has 4 heteroatoms. The molecule has 0 fully saturated rings. The molecule has 1 N–H and O–H groups in total. The minimum absolute atomic E-state index is 0.438. The van der Waals surface area contributed by atoms with E-state index in [1.165, 1.54) is 11.3 Å². The summed E-state index contributed by atoms with van der Waals surface area (Å²) in [6.07, 6.45) is -0.438. The van der Waals surface area contributed by atoms with Gasteiger partial charge in [0.2, 0.25) is 0 Å². The Morgan fingerprint density at radius 1 is 1.04 bits per heavy atom. The van der Waals surface area contributed by atoms with E-state index in [1.54, 1.807) is 0 Å². The van der Waals surface area contributed by atoms with Gasteiger partial charge in [-0.25, -0.2) is 4.79 Å². The molecule has 1 amide bonds. The Hall–Kier alpha value is -2.49. The number of hydrogen-bond acceptors (Lipinski definition) is 3. The number of nitrogens with zero attached hydrogens (tertiary/aromatic N) is 1. The summed E-state index contributed by atoms with van der Waals surface area (Å²) >= 11 is 0. The number of amides is 1. The number of nitrogens with one attached hydrogen (secondary N) is 1. The van der Waals surface area contributed by atoms with Crippen LogP contribution in [-0.4, -0.2) is 18.7 Å². The van der Waals surface area contributed by atoms with Crippen LogP contribution in [0.15, 0.2) is 54.6 Å². The van der Waals surface area contributed by atoms with Crippen LogP contribution in [0.4, 0.5) is 16.2 Å². The summed E-state index contributed by atoms with van der Waals surface area (Å²) in [5.41, 5.74) is 2.57. The number of rotatable bonds is 4. The molecule has 2 rings (SSSR count). The first-order chi connectivity index (χ1) is 10.8. The Kier molecular flexibility index (Phi) is 5.27. The lowest BCUT2D eigenvalue weighted by Gasteiger charge is -2.20. The van der Waals surface area contributed by atoms with Crippen LogP contribution in [0.5, 0.6) is 0 Å². The average Bonchev–Trinajstić information content (AvgIpc) is 2.48. The molecule has 122 valence electrons. The number of ether oxygens (including phenoxy) is 1. The van der Waals surface area contributed by atoms with Gasteiger partial charge in [-0.2, -0.15) is 0 Å². The van der Waals surface area contributed by atoms with Crippen LogP contribution in [0.3, 0.4) is 0 Å². The van der Waals surface area contributed by atoms with Crippen molar-refractivity contribution in [1.82, 2.24) is 0 Å². The molecule has 4 nitrogen and oxygen atoms in total. The number of hydrogen-bond donors (Lipinski definition) is 1. The maximum atomic E-state index is 11.7. The van der Waals surface area contributed by atoms with Gasteiger partial charge in [0, 0.05) is 25.0 Å². The molecule has 2 aromatic rings. The van der Waals surface area contributed by atoms with Crippen molar-refractivity contribution in [3.8, 4) is 0 Å². The van der Waals surface area contributed by atoms with Crippen molar-refractivity contribution in [3.63, 3.8) is 0 Å². The van der Waals surface area contributed by atoms with Crippen LogP contribution in [0, 0.1) is 0 Å². The molecule has 0 aromatic heterocycles. The van der Waals surface area contributed by atoms with Gasteiger partial charge in [0.05, 0.1) is 0 Å². The summed E-state index contributed by atoms with van der Waals surface area (Å²) in [4.78, 5) is 13.9. The second kappa shape index (κ2) is 7.18. The van der Waals surface area contributed by atoms with Gasteiger partial charge in [0.15, 0.2) is 0 Å². The standard InChI is InChI=1S/C19H24N2O2/c1-19(2,3)23-18(22)20-16-12-10-15(11-13-16)14-21(4)17-8-6-5-7-9-17/h5-13H,14H2,1-4H3,(H,20,22). The maximum absolute atomic E-state index is 11.7. The lowest BCUT2D eigenvalue weighted by atomic mass is 10.2. The molecule has 0 saturated carbocycles. The normalized spacial score (nSPS) is 11.0. The highest BCUT2D eigenvalue weighted by Gasteiger charge is 2.16. The zero-order valence-corrected chi connectivity index (χ0v) is 14.2. The van der Waals surface area contributed by atoms with Crippen molar-refractivity contribution >= 4 is 17.5 Å². The van der Waals surface area contributed by atoms with E-state index < -0.39 is 11.7 Å². The van der Waals surface area contributed by atoms with Gasteiger partial charge >= 0.3 is 6.09 Å². The van der Waals surface area contributed by atoms with Crippen molar-refractivity contribution in [3.05, 3.63) is 60.2 Å². The van der Waals surface area contributed by atoms with Crippen LogP contribution in [0.1, 0.15) is 26.3 Å². The Labute approximate surface area is 138 Å². The Bertz CT molecular complexity index is 631. The molecule has 0 radical (unpaired) electrons. The van der Waals surface area contributed by atoms with Crippen molar-refractivity contribution in [2.24, 2.45) is 0 Å². The second-order valence-electron chi connectivity index (χ2n) is 6.52. The molecule has 0 unspecified atom stereocenters. The highest BCUT2D eigenvalue weighted by atomic mass is 16.6. The van der Waals surface area contributed by atoms with E-state index >= 15 is 0 Å². The van der Waals surface area contributed by atoms with Crippen LogP contribution >= 0.6 is 0 Å². The fraction of sp³-hybridized carbons (Fsp3) is 0.316. The summed E-state index contributed by atoms with van der Waals surface area (Å²) < 4.78 is 5.24. The number of benzene rings is 2. The third kappa shape index (κ3) is 5.66. The highest BCUT2D eigenvalue weighted by molar-refractivity contribution is 5.84. The Morgan fingerprint density at radius 2 is 1.65 bits per heavy atom. The van der Waals surface area contributed by atoms with Gasteiger partial charge in [-0.1, -0.05) is 30.3 Å². The zero-order valence-electron chi connectivity index (χ0n) is 14.2. The van der Waals surface area contributed by atoms with Crippen molar-refractivity contribution < 1.29 is 9.53 Å². The highest BCUT2D eigenvalue weighted by Crippen LogP contribution is 2.17. The second-order valence-corrected chi connectivity index (χ2v) is 6.52. The van der Waals surface area contributed by atoms with E-state index in [2.05, 4.69) is 29.4 Å². The number of carbonyl (C=O) groups is 1. The molecule has 0 aliphatic rings. The predicted molar refractivity (Wildman–Crippen MR) is 94.8 cm³/mol. The fourth-order valence-electron chi connectivity index (χ4n) is 2.16. The first-order valence-corrected chi connectivity index (χ1v) is 7.69. The van der Waals surface area contributed by atoms with E-state index in [4.69, 9.17) is 4.74 Å². The molecule has 0 bridgehead atoms. The molecule has 0 spiro atoms. The third-order valence-corrected chi connectivity index (χ3v) is 3.22. The van der Waals surface area contributed by atoms with Crippen LogP contribution in [0.25, 0.3) is 0 Å². The Morgan fingerprint density at radius 3 is 2.22 bits per heavy atom. The molecule has 0 aliphatic heterocycles. The van der Waals surface area contributed by atoms with Gasteiger partial charge < -0.3 is 9.64 Å². The van der Waals surface area contributed by atoms with E-state index in [-0.39, 0.29) is 0 Å². The molecule has 23 heavy (non-hydrogen) atoms. The first kappa shape index (κ1) is 16.9. The van der Waals surface area contributed by atoms with Gasteiger partial charge in [0.1, 0.15) is 5.60 Å². The van der Waals surface area contributed by atoms with Gasteiger partial charge in [0.25, 0.3) is 0 Å². The number of para-hydroxylation sites is 1. The molecule has 0 saturated heterocycles. The largest absolute Gasteiger partial charge is 0.444 e. The van der Waals surface area contributed by atoms with E-state index in [9.17, 15) is 4.79 Å². The van der Waals surface area contributed by atoms with Crippen molar-refractivity contribution in [1.29, 1.82) is 0 Å². The first-order valence-electron chi connectivity index (χ1n) is 7.69. The maximum Gasteiger partial charge on any atom is 0.412 e. The summed E-state index contributed by atoms with van der Waals surface area (Å²) in [5.74, 6) is 0. The monoisotopic (exact) mass is 312 g/mol. The molecule has 2 aromatic carbocycles. The smallest absolute Gasteiger partial charge is 0.412 e. The number of carbonyl (C=O) groups excluding carboxylic acids is 1. The molecule has 0 atom stereocenters. The summed E-state index contributed by atoms with van der Waals surface area (Å²) in [7, 11) is 2.06. The van der Waals surface area contributed by atoms with Crippen molar-refractivity contribution in [2.75, 3.05) is 17.3 Å². The SMILES string of the molecule is CN(Cc1ccc(NC(=O)OC(C)(C)C)cc1)c1ccccc1. The third-order valence-electron chi connectivity index (χ3n) is 3.22. The van der Waals surface area contributed by atoms with Gasteiger partial charge in [-0.3, -0.25) is 5.32 Å². The topological polar surface area (TPSA) is 41.6 Å². The molecular weight excluding hydrogens is 288 g/mol. The lowest BCUT2D eigenvalue weighted by Crippen LogP contribution is -2.27. The van der Waals surface area contributed by atoms with E-state index in [0.717, 1.165) is 12.2 Å². The van der Waals surface area contributed by atoms with Crippen LogP contribution in [0.2, 0.25) is 0 Å². The van der Waals surface area contributed by atoms with Crippen LogP contribution < -0.4 is 10.2 Å². The lowest BCUT2D eigenvalue weighted by molar-refractivity contribution is 0.0636. The summed E-state index contributed by atoms with van der Waals surface area (Å²) in [6, 6.07) is 18.0.